The van der Waals surface area contributed by atoms with Crippen LogP contribution in [-0.4, -0.2) is 4.89 Å². The van der Waals surface area contributed by atoms with Gasteiger partial charge in [-0.3, -0.25) is 9.09 Å². The fraction of sp³-hybridized carbons (Fsp3) is 0.250. The van der Waals surface area contributed by atoms with Gasteiger partial charge in [-0.25, -0.2) is 0 Å². The number of benzene rings is 2. The van der Waals surface area contributed by atoms with Gasteiger partial charge in [-0.2, -0.15) is 0 Å². The van der Waals surface area contributed by atoms with Crippen molar-refractivity contribution in [3.8, 4) is 0 Å². The highest BCUT2D eigenvalue weighted by atomic mass is 35.5. The van der Waals surface area contributed by atoms with Gasteiger partial charge in [0.05, 0.1) is 0 Å². The van der Waals surface area contributed by atoms with E-state index in [2.05, 4.69) is 0 Å². The monoisotopic (exact) mass is 358 g/mol. The number of halogens is 2. The molecular weight excluding hydrogens is 342 g/mol. The van der Waals surface area contributed by atoms with Crippen LogP contribution in [0, 0.1) is 0 Å². The summed E-state index contributed by atoms with van der Waals surface area (Å²) < 4.78 is 17.0. The Morgan fingerprint density at radius 2 is 1.41 bits per heavy atom. The highest BCUT2D eigenvalue weighted by Gasteiger charge is 2.36. The minimum absolute atomic E-state index is 0.563. The van der Waals surface area contributed by atoms with Gasteiger partial charge in [0, 0.05) is 10.0 Å². The largest absolute Gasteiger partial charge is 0.326 e. The van der Waals surface area contributed by atoms with E-state index < -0.39 is 13.9 Å². The fourth-order valence-corrected chi connectivity index (χ4v) is 3.45. The van der Waals surface area contributed by atoms with Crippen molar-refractivity contribution < 1.29 is 14.0 Å². The van der Waals surface area contributed by atoms with Crippen molar-refractivity contribution in [3.63, 3.8) is 0 Å². The van der Waals surface area contributed by atoms with Crippen LogP contribution in [0.1, 0.15) is 30.9 Å². The second-order valence-electron chi connectivity index (χ2n) is 4.96. The molecule has 0 radical (unpaired) electrons. The van der Waals surface area contributed by atoms with Crippen LogP contribution in [0.4, 0.5) is 0 Å². The second-order valence-corrected chi connectivity index (χ2v) is 6.57. The molecule has 0 aliphatic rings. The van der Waals surface area contributed by atoms with Crippen LogP contribution in [-0.2, 0) is 14.7 Å². The van der Waals surface area contributed by atoms with Crippen molar-refractivity contribution in [3.05, 3.63) is 69.7 Å². The summed E-state index contributed by atoms with van der Waals surface area (Å²) in [5, 5.41) is 1.20. The summed E-state index contributed by atoms with van der Waals surface area (Å²) in [6, 6.07) is 14.2. The maximum atomic E-state index is 11.5. The van der Waals surface area contributed by atoms with Crippen LogP contribution in [0.5, 0.6) is 0 Å². The van der Waals surface area contributed by atoms with Crippen LogP contribution in [0.3, 0.4) is 0 Å². The van der Waals surface area contributed by atoms with E-state index in [1.54, 1.807) is 24.3 Å². The quantitative estimate of drug-likeness (QED) is 0.699. The van der Waals surface area contributed by atoms with Gasteiger partial charge in [0.2, 0.25) is 0 Å². The first-order chi connectivity index (χ1) is 10.5. The molecule has 118 valence electrons. The van der Waals surface area contributed by atoms with Gasteiger partial charge < -0.3 is 4.89 Å². The molecule has 1 unspecified atom stereocenters. The molecule has 6 heteroatoms. The Balaban J connectivity index is 2.61. The molecule has 22 heavy (non-hydrogen) atoms. The topological polar surface area (TPSA) is 46.5 Å². The van der Waals surface area contributed by atoms with E-state index in [0.29, 0.717) is 16.5 Å². The Bertz CT molecular complexity index is 596. The molecule has 1 atom stereocenters. The first-order valence-corrected chi connectivity index (χ1v) is 8.94. The first kappa shape index (κ1) is 17.5. The highest BCUT2D eigenvalue weighted by molar-refractivity contribution is 7.32. The minimum atomic E-state index is -3.14. The van der Waals surface area contributed by atoms with E-state index in [4.69, 9.17) is 27.7 Å². The Labute approximate surface area is 140 Å². The predicted octanol–water partition coefficient (Wildman–Crippen LogP) is 5.44. The molecule has 2 rings (SSSR count). The zero-order valence-electron chi connectivity index (χ0n) is 12.1. The molecule has 1 N–H and O–H groups in total. The van der Waals surface area contributed by atoms with Crippen LogP contribution in [0.25, 0.3) is 0 Å². The van der Waals surface area contributed by atoms with E-state index in [9.17, 15) is 9.46 Å². The minimum Gasteiger partial charge on any atom is -0.326 e. The first-order valence-electron chi connectivity index (χ1n) is 6.92. The molecule has 0 saturated heterocycles. The smallest absolute Gasteiger partial charge is 0.317 e. The highest BCUT2D eigenvalue weighted by Crippen LogP contribution is 2.44. The molecular formula is C16H17Cl2O3P. The molecule has 0 fully saturated rings. The van der Waals surface area contributed by atoms with Gasteiger partial charge in [-0.05, 0) is 41.8 Å². The SMILES string of the molecule is CCCC(O[PH](=O)O)(c1ccc(Cl)cc1)c1ccc(Cl)cc1. The second kappa shape index (κ2) is 7.63. The van der Waals surface area contributed by atoms with Gasteiger partial charge in [0.25, 0.3) is 0 Å². The molecule has 0 bridgehead atoms. The Morgan fingerprint density at radius 1 is 1.00 bits per heavy atom. The standard InChI is InChI=1S/C16H17Cl2O3P/c1-2-11-16(21-22(19)20,12-3-7-14(17)8-4-12)13-5-9-15(18)10-6-13/h3-10,22H,2,11H2,1H3,(H,19,20). The molecule has 0 aliphatic heterocycles. The summed E-state index contributed by atoms with van der Waals surface area (Å²) in [7, 11) is -3.14. The van der Waals surface area contributed by atoms with Gasteiger partial charge in [0.15, 0.2) is 0 Å². The molecule has 3 nitrogen and oxygen atoms in total. The summed E-state index contributed by atoms with van der Waals surface area (Å²) in [5.74, 6) is 0. The van der Waals surface area contributed by atoms with Gasteiger partial charge in [0.1, 0.15) is 5.60 Å². The fourth-order valence-electron chi connectivity index (χ4n) is 2.56. The van der Waals surface area contributed by atoms with Crippen molar-refractivity contribution in [2.75, 3.05) is 0 Å². The number of hydrogen-bond donors (Lipinski definition) is 1. The Hall–Kier alpha value is -0.830. The van der Waals surface area contributed by atoms with Gasteiger partial charge >= 0.3 is 8.25 Å². The average molecular weight is 359 g/mol. The summed E-state index contributed by atoms with van der Waals surface area (Å²) in [6.07, 6.45) is 1.34. The van der Waals surface area contributed by atoms with E-state index in [0.717, 1.165) is 17.5 Å². The summed E-state index contributed by atoms with van der Waals surface area (Å²) >= 11 is 11.9. The summed E-state index contributed by atoms with van der Waals surface area (Å²) in [6.45, 7) is 2.00. The third-order valence-corrected chi connectivity index (χ3v) is 4.51. The lowest BCUT2D eigenvalue weighted by atomic mass is 9.83. The maximum absolute atomic E-state index is 11.5. The van der Waals surface area contributed by atoms with E-state index in [1.807, 2.05) is 31.2 Å². The van der Waals surface area contributed by atoms with E-state index in [1.165, 1.54) is 0 Å². The molecule has 0 spiro atoms. The lowest BCUT2D eigenvalue weighted by Gasteiger charge is -2.33. The number of hydrogen-bond acceptors (Lipinski definition) is 2. The molecule has 0 heterocycles. The van der Waals surface area contributed by atoms with Crippen molar-refractivity contribution in [2.24, 2.45) is 0 Å². The third-order valence-electron chi connectivity index (χ3n) is 3.48. The molecule has 0 aromatic heterocycles. The maximum Gasteiger partial charge on any atom is 0.317 e. The van der Waals surface area contributed by atoms with Gasteiger partial charge in [-0.15, -0.1) is 0 Å². The van der Waals surface area contributed by atoms with Crippen molar-refractivity contribution in [1.29, 1.82) is 0 Å². The van der Waals surface area contributed by atoms with Crippen molar-refractivity contribution in [1.82, 2.24) is 0 Å². The molecule has 0 amide bonds. The van der Waals surface area contributed by atoms with Crippen LogP contribution < -0.4 is 0 Å². The van der Waals surface area contributed by atoms with Crippen LogP contribution >= 0.6 is 31.5 Å². The van der Waals surface area contributed by atoms with E-state index >= 15 is 0 Å². The molecule has 2 aromatic carbocycles. The molecule has 0 aliphatic carbocycles. The van der Waals surface area contributed by atoms with Crippen molar-refractivity contribution >= 4 is 31.5 Å². The average Bonchev–Trinajstić information content (AvgIpc) is 2.47. The molecule has 0 saturated carbocycles. The number of rotatable bonds is 6. The predicted molar refractivity (Wildman–Crippen MR) is 90.9 cm³/mol. The summed E-state index contributed by atoms with van der Waals surface area (Å²) in [5.41, 5.74) is 0.580. The molecule has 2 aromatic rings. The Kier molecular flexibility index (Phi) is 6.08. The van der Waals surface area contributed by atoms with Gasteiger partial charge in [-0.1, -0.05) is 60.8 Å². The van der Waals surface area contributed by atoms with Crippen LogP contribution in [0.15, 0.2) is 48.5 Å². The Morgan fingerprint density at radius 3 is 1.73 bits per heavy atom. The van der Waals surface area contributed by atoms with Crippen molar-refractivity contribution in [2.45, 2.75) is 25.4 Å². The summed E-state index contributed by atoms with van der Waals surface area (Å²) in [4.78, 5) is 9.42. The lowest BCUT2D eigenvalue weighted by Crippen LogP contribution is -2.29. The van der Waals surface area contributed by atoms with E-state index in [-0.39, 0.29) is 0 Å². The van der Waals surface area contributed by atoms with Crippen LogP contribution in [0.2, 0.25) is 10.0 Å². The normalized spacial score (nSPS) is 13.1. The zero-order chi connectivity index (χ0) is 16.2. The third kappa shape index (κ3) is 3.92. The zero-order valence-corrected chi connectivity index (χ0v) is 14.6. The lowest BCUT2D eigenvalue weighted by molar-refractivity contribution is 0.0937.